The molecule has 2 atom stereocenters. The van der Waals surface area contributed by atoms with Crippen molar-refractivity contribution in [2.24, 2.45) is 0 Å². The van der Waals surface area contributed by atoms with E-state index in [1.807, 2.05) is 30.8 Å². The lowest BCUT2D eigenvalue weighted by Gasteiger charge is -2.26. The van der Waals surface area contributed by atoms with Crippen molar-refractivity contribution in [2.45, 2.75) is 49.3 Å². The molecule has 2 nitrogen and oxygen atoms in total. The van der Waals surface area contributed by atoms with Crippen molar-refractivity contribution in [1.29, 1.82) is 5.26 Å². The van der Waals surface area contributed by atoms with E-state index in [2.05, 4.69) is 53.3 Å². The molecule has 0 spiro atoms. The van der Waals surface area contributed by atoms with Crippen LogP contribution in [0.15, 0.2) is 33.6 Å². The molecule has 0 heterocycles. The van der Waals surface area contributed by atoms with Crippen LogP contribution in [0.1, 0.15) is 33.6 Å². The Morgan fingerprint density at radius 2 is 2.26 bits per heavy atom. The van der Waals surface area contributed by atoms with Crippen LogP contribution in [0.5, 0.6) is 0 Å². The van der Waals surface area contributed by atoms with E-state index in [1.54, 1.807) is 0 Å². The Morgan fingerprint density at radius 1 is 1.53 bits per heavy atom. The Balaban J connectivity index is 2.58. The van der Waals surface area contributed by atoms with E-state index in [4.69, 9.17) is 0 Å². The molecule has 1 aromatic rings. The molecular weight excluding hydrogens is 320 g/mol. The standard InChI is InChI=1S/C15H21BrN2S/c1-4-8-18-15(3,11-17)10-12(2)19-14-7-5-6-13(16)9-14/h5-7,9,12,18H,4,8,10H2,1-3H3. The summed E-state index contributed by atoms with van der Waals surface area (Å²) in [5.41, 5.74) is -0.436. The zero-order valence-corrected chi connectivity index (χ0v) is 14.1. The summed E-state index contributed by atoms with van der Waals surface area (Å²) in [6, 6.07) is 10.7. The van der Waals surface area contributed by atoms with Crippen molar-refractivity contribution in [2.75, 3.05) is 6.54 Å². The molecule has 1 aromatic carbocycles. The third-order valence-corrected chi connectivity index (χ3v) is 4.43. The van der Waals surface area contributed by atoms with Gasteiger partial charge in [0.25, 0.3) is 0 Å². The topological polar surface area (TPSA) is 35.8 Å². The van der Waals surface area contributed by atoms with E-state index < -0.39 is 5.54 Å². The van der Waals surface area contributed by atoms with Gasteiger partial charge in [-0.25, -0.2) is 0 Å². The smallest absolute Gasteiger partial charge is 0.104 e. The average Bonchev–Trinajstić information content (AvgIpc) is 2.36. The molecule has 0 aliphatic carbocycles. The molecule has 104 valence electrons. The van der Waals surface area contributed by atoms with Crippen LogP contribution in [-0.2, 0) is 0 Å². The lowest BCUT2D eigenvalue weighted by atomic mass is 9.98. The Morgan fingerprint density at radius 3 is 2.84 bits per heavy atom. The van der Waals surface area contributed by atoms with Gasteiger partial charge in [0.15, 0.2) is 0 Å². The predicted octanol–water partition coefficient (Wildman–Crippen LogP) is 4.60. The summed E-state index contributed by atoms with van der Waals surface area (Å²) in [5, 5.41) is 13.1. The van der Waals surface area contributed by atoms with Gasteiger partial charge in [0, 0.05) is 14.6 Å². The molecule has 0 bridgehead atoms. The van der Waals surface area contributed by atoms with Gasteiger partial charge in [0.05, 0.1) is 6.07 Å². The van der Waals surface area contributed by atoms with Crippen molar-refractivity contribution in [3.05, 3.63) is 28.7 Å². The maximum absolute atomic E-state index is 9.34. The second-order valence-electron chi connectivity index (χ2n) is 4.96. The highest BCUT2D eigenvalue weighted by molar-refractivity contribution is 9.10. The first-order valence-corrected chi connectivity index (χ1v) is 8.25. The zero-order chi connectivity index (χ0) is 14.3. The fourth-order valence-corrected chi connectivity index (χ4v) is 3.73. The Hall–Kier alpha value is -0.500. The third-order valence-electron chi connectivity index (χ3n) is 2.84. The van der Waals surface area contributed by atoms with Crippen LogP contribution < -0.4 is 5.32 Å². The monoisotopic (exact) mass is 340 g/mol. The van der Waals surface area contributed by atoms with Crippen molar-refractivity contribution >= 4 is 27.7 Å². The number of nitrogens with zero attached hydrogens (tertiary/aromatic N) is 1. The fourth-order valence-electron chi connectivity index (χ4n) is 1.95. The summed E-state index contributed by atoms with van der Waals surface area (Å²) in [5.74, 6) is 0. The minimum atomic E-state index is -0.436. The molecular formula is C15H21BrN2S. The van der Waals surface area contributed by atoms with Gasteiger partial charge in [0.2, 0.25) is 0 Å². The Labute approximate surface area is 129 Å². The summed E-state index contributed by atoms with van der Waals surface area (Å²) in [7, 11) is 0. The van der Waals surface area contributed by atoms with E-state index in [0.29, 0.717) is 5.25 Å². The first-order valence-electron chi connectivity index (χ1n) is 6.57. The van der Waals surface area contributed by atoms with Crippen molar-refractivity contribution < 1.29 is 0 Å². The highest BCUT2D eigenvalue weighted by Crippen LogP contribution is 2.30. The molecule has 4 heteroatoms. The summed E-state index contributed by atoms with van der Waals surface area (Å²) in [6.45, 7) is 7.16. The summed E-state index contributed by atoms with van der Waals surface area (Å²) in [4.78, 5) is 1.23. The van der Waals surface area contributed by atoms with Gasteiger partial charge >= 0.3 is 0 Å². The van der Waals surface area contributed by atoms with E-state index in [9.17, 15) is 5.26 Å². The maximum atomic E-state index is 9.34. The number of halogens is 1. The van der Waals surface area contributed by atoms with E-state index in [0.717, 1.165) is 23.9 Å². The van der Waals surface area contributed by atoms with Crippen LogP contribution in [0.25, 0.3) is 0 Å². The molecule has 0 fully saturated rings. The SMILES string of the molecule is CCCNC(C)(C#N)CC(C)Sc1cccc(Br)c1. The van der Waals surface area contributed by atoms with Crippen LogP contribution in [0.3, 0.4) is 0 Å². The lowest BCUT2D eigenvalue weighted by Crippen LogP contribution is -2.43. The molecule has 19 heavy (non-hydrogen) atoms. The van der Waals surface area contributed by atoms with Crippen LogP contribution in [0.4, 0.5) is 0 Å². The molecule has 1 rings (SSSR count). The molecule has 0 amide bonds. The number of hydrogen-bond donors (Lipinski definition) is 1. The minimum absolute atomic E-state index is 0.392. The third kappa shape index (κ3) is 5.99. The number of hydrogen-bond acceptors (Lipinski definition) is 3. The van der Waals surface area contributed by atoms with Gasteiger partial charge in [-0.15, -0.1) is 11.8 Å². The predicted molar refractivity (Wildman–Crippen MR) is 86.4 cm³/mol. The Bertz CT molecular complexity index is 444. The largest absolute Gasteiger partial charge is 0.300 e. The van der Waals surface area contributed by atoms with Gasteiger partial charge in [-0.2, -0.15) is 5.26 Å². The van der Waals surface area contributed by atoms with E-state index in [1.165, 1.54) is 4.90 Å². The van der Waals surface area contributed by atoms with Gasteiger partial charge < -0.3 is 0 Å². The van der Waals surface area contributed by atoms with Gasteiger partial charge in [-0.05, 0) is 44.5 Å². The van der Waals surface area contributed by atoms with Crippen molar-refractivity contribution in [3.8, 4) is 6.07 Å². The number of nitriles is 1. The summed E-state index contributed by atoms with van der Waals surface area (Å²) in [6.07, 6.45) is 1.88. The van der Waals surface area contributed by atoms with Crippen LogP contribution in [-0.4, -0.2) is 17.3 Å². The molecule has 0 aromatic heterocycles. The van der Waals surface area contributed by atoms with Crippen LogP contribution in [0, 0.1) is 11.3 Å². The number of benzene rings is 1. The van der Waals surface area contributed by atoms with E-state index >= 15 is 0 Å². The highest BCUT2D eigenvalue weighted by Gasteiger charge is 2.25. The molecule has 0 aliphatic heterocycles. The molecule has 1 N–H and O–H groups in total. The van der Waals surface area contributed by atoms with E-state index in [-0.39, 0.29) is 0 Å². The van der Waals surface area contributed by atoms with Gasteiger partial charge in [-0.3, -0.25) is 5.32 Å². The Kier molecular flexibility index (Phi) is 6.92. The molecule has 2 unspecified atom stereocenters. The number of nitrogens with one attached hydrogen (secondary N) is 1. The summed E-state index contributed by atoms with van der Waals surface area (Å²) < 4.78 is 1.09. The minimum Gasteiger partial charge on any atom is -0.300 e. The lowest BCUT2D eigenvalue weighted by molar-refractivity contribution is 0.418. The van der Waals surface area contributed by atoms with Crippen LogP contribution in [0.2, 0.25) is 0 Å². The molecule has 0 aliphatic rings. The quantitative estimate of drug-likeness (QED) is 0.736. The zero-order valence-electron chi connectivity index (χ0n) is 11.7. The second-order valence-corrected chi connectivity index (χ2v) is 7.39. The molecule has 0 radical (unpaired) electrons. The van der Waals surface area contributed by atoms with Crippen LogP contribution >= 0.6 is 27.7 Å². The fraction of sp³-hybridized carbons (Fsp3) is 0.533. The second kappa shape index (κ2) is 7.94. The number of rotatable bonds is 7. The maximum Gasteiger partial charge on any atom is 0.104 e. The normalized spacial score (nSPS) is 15.5. The first kappa shape index (κ1) is 16.6. The first-order chi connectivity index (χ1) is 8.99. The highest BCUT2D eigenvalue weighted by atomic mass is 79.9. The van der Waals surface area contributed by atoms with Crippen molar-refractivity contribution in [1.82, 2.24) is 5.32 Å². The van der Waals surface area contributed by atoms with Gasteiger partial charge in [-0.1, -0.05) is 35.8 Å². The summed E-state index contributed by atoms with van der Waals surface area (Å²) >= 11 is 5.30. The number of thioether (sulfide) groups is 1. The molecule has 0 saturated heterocycles. The average molecular weight is 341 g/mol. The molecule has 0 saturated carbocycles. The van der Waals surface area contributed by atoms with Gasteiger partial charge in [0.1, 0.15) is 5.54 Å². The van der Waals surface area contributed by atoms with Crippen molar-refractivity contribution in [3.63, 3.8) is 0 Å².